The first-order valence-electron chi connectivity index (χ1n) is 10.5. The molecule has 0 saturated carbocycles. The molecule has 2 atom stereocenters. The summed E-state index contributed by atoms with van der Waals surface area (Å²) in [5, 5.41) is 5.69. The minimum Gasteiger partial charge on any atom is -0.378 e. The highest BCUT2D eigenvalue weighted by molar-refractivity contribution is 5.96. The highest BCUT2D eigenvalue weighted by Crippen LogP contribution is 2.19. The predicted octanol–water partition coefficient (Wildman–Crippen LogP) is 1.92. The second kappa shape index (κ2) is 10.8. The van der Waals surface area contributed by atoms with Gasteiger partial charge >= 0.3 is 0 Å². The van der Waals surface area contributed by atoms with E-state index in [9.17, 15) is 9.59 Å². The third-order valence-electron chi connectivity index (χ3n) is 5.51. The zero-order valence-electron chi connectivity index (χ0n) is 19.0. The molecule has 0 aliphatic heterocycles. The Labute approximate surface area is 180 Å². The largest absolute Gasteiger partial charge is 0.378 e. The van der Waals surface area contributed by atoms with Gasteiger partial charge in [0, 0.05) is 31.0 Å². The van der Waals surface area contributed by atoms with Gasteiger partial charge < -0.3 is 20.4 Å². The number of quaternary nitrogens is 1. The lowest BCUT2D eigenvalue weighted by atomic mass is 10.1. The van der Waals surface area contributed by atoms with Crippen LogP contribution in [0.4, 0.5) is 11.4 Å². The van der Waals surface area contributed by atoms with E-state index in [4.69, 9.17) is 0 Å². The Kier molecular flexibility index (Phi) is 8.42. The number of rotatable bonds is 9. The van der Waals surface area contributed by atoms with Gasteiger partial charge in [-0.1, -0.05) is 30.3 Å². The van der Waals surface area contributed by atoms with Crippen LogP contribution in [0.3, 0.4) is 0 Å². The zero-order valence-corrected chi connectivity index (χ0v) is 19.0. The number of carbonyl (C=O) groups excluding carboxylic acids is 2. The molecule has 0 radical (unpaired) electrons. The van der Waals surface area contributed by atoms with Crippen molar-refractivity contribution in [2.75, 3.05) is 37.4 Å². The summed E-state index contributed by atoms with van der Waals surface area (Å²) in [4.78, 5) is 28.2. The van der Waals surface area contributed by atoms with Crippen LogP contribution >= 0.6 is 0 Å². The normalized spacial score (nSPS) is 12.7. The monoisotopic (exact) mass is 411 g/mol. The van der Waals surface area contributed by atoms with E-state index in [1.54, 1.807) is 0 Å². The summed E-state index contributed by atoms with van der Waals surface area (Å²) in [6.45, 7) is 9.43. The maximum Gasteiger partial charge on any atom is 0.278 e. The number of carbonyl (C=O) groups is 2. The molecule has 0 fully saturated rings. The van der Waals surface area contributed by atoms with Gasteiger partial charge in [-0.05, 0) is 51.0 Å². The fraction of sp³-hybridized carbons (Fsp3) is 0.417. The molecule has 1 unspecified atom stereocenters. The number of amides is 2. The summed E-state index contributed by atoms with van der Waals surface area (Å²) in [6, 6.07) is 14.0. The smallest absolute Gasteiger partial charge is 0.278 e. The lowest BCUT2D eigenvalue weighted by molar-refractivity contribution is -0.926. The molecule has 30 heavy (non-hydrogen) atoms. The molecule has 0 aliphatic rings. The summed E-state index contributed by atoms with van der Waals surface area (Å²) in [5.74, 6) is -0.335. The second-order valence-corrected chi connectivity index (χ2v) is 8.00. The van der Waals surface area contributed by atoms with E-state index >= 15 is 0 Å². The van der Waals surface area contributed by atoms with Gasteiger partial charge in [0.2, 0.25) is 5.91 Å². The molecule has 2 amide bonds. The molecule has 6 heteroatoms. The molecule has 6 nitrogen and oxygen atoms in total. The molecule has 2 aromatic carbocycles. The van der Waals surface area contributed by atoms with Crippen LogP contribution in [0.1, 0.15) is 30.5 Å². The number of nitrogens with zero attached hydrogens (tertiary/aromatic N) is 1. The van der Waals surface area contributed by atoms with Crippen LogP contribution in [0.15, 0.2) is 42.5 Å². The Morgan fingerprint density at radius 1 is 1.03 bits per heavy atom. The number of benzene rings is 2. The summed E-state index contributed by atoms with van der Waals surface area (Å²) in [7, 11) is 4.03. The average Bonchev–Trinajstić information content (AvgIpc) is 2.72. The fourth-order valence-electron chi connectivity index (χ4n) is 3.46. The Morgan fingerprint density at radius 2 is 1.63 bits per heavy atom. The third-order valence-corrected chi connectivity index (χ3v) is 5.51. The number of nitrogens with one attached hydrogen (secondary N) is 3. The van der Waals surface area contributed by atoms with Crippen molar-refractivity contribution in [3.63, 3.8) is 0 Å². The van der Waals surface area contributed by atoms with E-state index in [0.29, 0.717) is 0 Å². The van der Waals surface area contributed by atoms with Crippen molar-refractivity contribution in [3.8, 4) is 0 Å². The minimum absolute atomic E-state index is 0.0362. The molecule has 0 bridgehead atoms. The Hall–Kier alpha value is -2.86. The average molecular weight is 412 g/mol. The van der Waals surface area contributed by atoms with E-state index in [-0.39, 0.29) is 24.4 Å². The fourth-order valence-corrected chi connectivity index (χ4v) is 3.46. The molecule has 0 aromatic heterocycles. The minimum atomic E-state index is -0.253. The molecule has 0 saturated heterocycles. The SMILES string of the molecule is CC[NH+](Cc1ccc(N(C)C)cc1)[C@H](C)C(=O)NCC(=O)Nc1c(C)cccc1C. The summed E-state index contributed by atoms with van der Waals surface area (Å²) in [6.07, 6.45) is 0. The number of likely N-dealkylation sites (N-methyl/N-ethyl adjacent to an activating group) is 1. The number of para-hydroxylation sites is 1. The lowest BCUT2D eigenvalue weighted by Gasteiger charge is -2.24. The van der Waals surface area contributed by atoms with Crippen LogP contribution < -0.4 is 20.4 Å². The van der Waals surface area contributed by atoms with Crippen molar-refractivity contribution in [3.05, 3.63) is 59.2 Å². The standard InChI is InChI=1S/C24H34N4O2/c1-7-28(16-20-11-13-21(14-12-20)27(5)6)19(4)24(30)25-15-22(29)26-23-17(2)9-8-10-18(23)3/h8-14,19H,7,15-16H2,1-6H3,(H,25,30)(H,26,29)/p+1/t19-/m1/s1. The summed E-state index contributed by atoms with van der Waals surface area (Å²) < 4.78 is 0. The van der Waals surface area contributed by atoms with Crippen LogP contribution in [0.25, 0.3) is 0 Å². The first-order chi connectivity index (χ1) is 14.2. The van der Waals surface area contributed by atoms with Gasteiger partial charge in [-0.3, -0.25) is 9.59 Å². The topological polar surface area (TPSA) is 65.9 Å². The van der Waals surface area contributed by atoms with Gasteiger partial charge in [0.25, 0.3) is 5.91 Å². The molecule has 3 N–H and O–H groups in total. The quantitative estimate of drug-likeness (QED) is 0.591. The first-order valence-corrected chi connectivity index (χ1v) is 10.5. The Morgan fingerprint density at radius 3 is 2.17 bits per heavy atom. The van der Waals surface area contributed by atoms with Crippen LogP contribution in [0.5, 0.6) is 0 Å². The summed E-state index contributed by atoms with van der Waals surface area (Å²) >= 11 is 0. The molecular formula is C24H35N4O2+. The van der Waals surface area contributed by atoms with E-state index in [2.05, 4.69) is 46.7 Å². The zero-order chi connectivity index (χ0) is 22.3. The Bertz CT molecular complexity index is 842. The molecule has 2 aromatic rings. The van der Waals surface area contributed by atoms with Crippen molar-refractivity contribution in [2.24, 2.45) is 0 Å². The van der Waals surface area contributed by atoms with Crippen molar-refractivity contribution in [2.45, 2.75) is 40.3 Å². The first kappa shape index (κ1) is 23.4. The molecular weight excluding hydrogens is 376 g/mol. The van der Waals surface area contributed by atoms with Crippen LogP contribution in [0.2, 0.25) is 0 Å². The van der Waals surface area contributed by atoms with Crippen molar-refractivity contribution in [1.29, 1.82) is 0 Å². The van der Waals surface area contributed by atoms with Gasteiger partial charge in [0.05, 0.1) is 13.1 Å². The van der Waals surface area contributed by atoms with Crippen LogP contribution in [-0.4, -0.2) is 45.0 Å². The van der Waals surface area contributed by atoms with E-state index in [0.717, 1.165) is 40.5 Å². The highest BCUT2D eigenvalue weighted by Gasteiger charge is 2.24. The number of hydrogen-bond acceptors (Lipinski definition) is 3. The number of anilines is 2. The van der Waals surface area contributed by atoms with E-state index in [1.165, 1.54) is 5.56 Å². The highest BCUT2D eigenvalue weighted by atomic mass is 16.2. The third kappa shape index (κ3) is 6.32. The van der Waals surface area contributed by atoms with Crippen molar-refractivity contribution < 1.29 is 14.5 Å². The van der Waals surface area contributed by atoms with Gasteiger partial charge in [0.15, 0.2) is 6.04 Å². The van der Waals surface area contributed by atoms with Gasteiger partial charge in [-0.2, -0.15) is 0 Å². The lowest BCUT2D eigenvalue weighted by Crippen LogP contribution is -3.15. The molecule has 0 aliphatic carbocycles. The van der Waals surface area contributed by atoms with Gasteiger partial charge in [0.1, 0.15) is 6.54 Å². The number of aryl methyl sites for hydroxylation is 2. The van der Waals surface area contributed by atoms with E-state index in [1.807, 2.05) is 53.1 Å². The van der Waals surface area contributed by atoms with Gasteiger partial charge in [-0.15, -0.1) is 0 Å². The maximum absolute atomic E-state index is 12.6. The van der Waals surface area contributed by atoms with Gasteiger partial charge in [-0.25, -0.2) is 0 Å². The predicted molar refractivity (Wildman–Crippen MR) is 123 cm³/mol. The molecule has 0 spiro atoms. The summed E-state index contributed by atoms with van der Waals surface area (Å²) in [5.41, 5.74) is 5.16. The van der Waals surface area contributed by atoms with Crippen molar-refractivity contribution >= 4 is 23.2 Å². The number of hydrogen-bond donors (Lipinski definition) is 3. The molecule has 2 rings (SSSR count). The molecule has 0 heterocycles. The molecule has 162 valence electrons. The second-order valence-electron chi connectivity index (χ2n) is 8.00. The Balaban J connectivity index is 1.90. The van der Waals surface area contributed by atoms with Crippen LogP contribution in [-0.2, 0) is 16.1 Å². The maximum atomic E-state index is 12.6. The van der Waals surface area contributed by atoms with Crippen LogP contribution in [0, 0.1) is 13.8 Å². The van der Waals surface area contributed by atoms with Crippen molar-refractivity contribution in [1.82, 2.24) is 5.32 Å². The van der Waals surface area contributed by atoms with E-state index < -0.39 is 0 Å².